The maximum atomic E-state index is 13.3. The van der Waals surface area contributed by atoms with Crippen molar-refractivity contribution in [1.82, 2.24) is 9.97 Å². The van der Waals surface area contributed by atoms with Crippen LogP contribution in [0, 0.1) is 5.41 Å². The van der Waals surface area contributed by atoms with E-state index in [1.807, 2.05) is 13.8 Å². The van der Waals surface area contributed by atoms with Gasteiger partial charge in [-0.25, -0.2) is 0 Å². The Kier molecular flexibility index (Phi) is 8.80. The first-order valence-corrected chi connectivity index (χ1v) is 16.7. The van der Waals surface area contributed by atoms with Gasteiger partial charge in [-0.15, -0.1) is 10.3 Å². The summed E-state index contributed by atoms with van der Waals surface area (Å²) in [6.07, 6.45) is 3.42. The molecule has 1 N–H and O–H groups in total. The van der Waals surface area contributed by atoms with Crippen LogP contribution in [-0.2, 0) is 21.5 Å². The summed E-state index contributed by atoms with van der Waals surface area (Å²) >= 11 is 0. The number of nitrogens with zero attached hydrogens (tertiary/aromatic N) is 2. The van der Waals surface area contributed by atoms with E-state index in [1.54, 1.807) is 0 Å². The number of halogens is 3. The highest BCUT2D eigenvalue weighted by molar-refractivity contribution is 8.29. The Hall–Kier alpha value is -1.94. The van der Waals surface area contributed by atoms with Crippen molar-refractivity contribution in [2.24, 2.45) is 5.41 Å². The highest BCUT2D eigenvalue weighted by Gasteiger charge is 2.43. The van der Waals surface area contributed by atoms with Crippen LogP contribution in [0.15, 0.2) is 24.4 Å². The van der Waals surface area contributed by atoms with Crippen molar-refractivity contribution in [3.63, 3.8) is 0 Å². The summed E-state index contributed by atoms with van der Waals surface area (Å²) in [6.45, 7) is 16.1. The molecule has 0 bridgehead atoms. The lowest BCUT2D eigenvalue weighted by Crippen LogP contribution is -2.34. The van der Waals surface area contributed by atoms with Crippen LogP contribution in [-0.4, -0.2) is 45.5 Å². The molecule has 0 saturated heterocycles. The minimum absolute atomic E-state index is 0.0420. The molecule has 5 nitrogen and oxygen atoms in total. The van der Waals surface area contributed by atoms with Crippen LogP contribution in [0.25, 0.3) is 5.57 Å². The Balaban J connectivity index is 2.01. The van der Waals surface area contributed by atoms with E-state index in [4.69, 9.17) is 13.9 Å². The lowest BCUT2D eigenvalue weighted by molar-refractivity contribution is -0.137. The van der Waals surface area contributed by atoms with E-state index in [-0.39, 0.29) is 27.9 Å². The number of aromatic nitrogens is 2. The molecule has 41 heavy (non-hydrogen) atoms. The van der Waals surface area contributed by atoms with Gasteiger partial charge in [-0.1, -0.05) is 54.5 Å². The standard InChI is InChI=1S/C32H45F3N2O3S/c1-19(2)28-27(29(38)22-11-10-21(18-36-22)32(33,34)35)25(20-12-14-39-15-13-20)26-23(37-28)16-31(6,7)17-24(26)40-41(8,9)30(3,4)5/h10-12,18-19,24,29,38H,13-17H2,1-9H3/t24?,29-/m1/s1. The molecule has 2 aliphatic rings. The summed E-state index contributed by atoms with van der Waals surface area (Å²) < 4.78 is 52.6. The van der Waals surface area contributed by atoms with Gasteiger partial charge in [0.2, 0.25) is 0 Å². The van der Waals surface area contributed by atoms with Crippen LogP contribution in [0.3, 0.4) is 0 Å². The van der Waals surface area contributed by atoms with Gasteiger partial charge in [0.1, 0.15) is 6.10 Å². The van der Waals surface area contributed by atoms with Gasteiger partial charge in [-0.3, -0.25) is 9.97 Å². The molecule has 0 radical (unpaired) electrons. The molecule has 0 saturated carbocycles. The summed E-state index contributed by atoms with van der Waals surface area (Å²) in [4.78, 5) is 9.30. The minimum atomic E-state index is -4.51. The number of pyridine rings is 2. The molecule has 228 valence electrons. The van der Waals surface area contributed by atoms with Crippen molar-refractivity contribution in [2.75, 3.05) is 25.7 Å². The molecule has 0 fully saturated rings. The van der Waals surface area contributed by atoms with Crippen molar-refractivity contribution in [1.29, 1.82) is 0 Å². The maximum Gasteiger partial charge on any atom is 0.417 e. The highest BCUT2D eigenvalue weighted by Crippen LogP contribution is 2.60. The fraction of sp³-hybridized carbons (Fsp3) is 0.625. The molecule has 2 aromatic heterocycles. The summed E-state index contributed by atoms with van der Waals surface area (Å²) in [7, 11) is -1.52. The van der Waals surface area contributed by atoms with Gasteiger partial charge in [0.05, 0.1) is 36.3 Å². The SMILES string of the molecule is CC(C)c1nc2c(c(C3=CCOCC3)c1[C@H](O)c1ccc(C(F)(F)F)cn1)C(OS(C)(C)C(C)(C)C)CC(C)(C)C2. The number of aliphatic hydroxyl groups excluding tert-OH is 1. The largest absolute Gasteiger partial charge is 0.417 e. The zero-order valence-corrected chi connectivity index (χ0v) is 26.6. The number of ether oxygens (including phenoxy) is 1. The van der Waals surface area contributed by atoms with E-state index in [0.717, 1.165) is 53.2 Å². The molecule has 1 aliphatic heterocycles. The van der Waals surface area contributed by atoms with Gasteiger partial charge in [0.25, 0.3) is 0 Å². The smallest absolute Gasteiger partial charge is 0.382 e. The van der Waals surface area contributed by atoms with Gasteiger partial charge in [-0.05, 0) is 66.4 Å². The third kappa shape index (κ3) is 6.68. The third-order valence-electron chi connectivity index (χ3n) is 8.42. The number of hydrogen-bond acceptors (Lipinski definition) is 5. The molecular weight excluding hydrogens is 549 g/mol. The number of fused-ring (bicyclic) bond motifs is 1. The average molecular weight is 595 g/mol. The van der Waals surface area contributed by atoms with E-state index in [9.17, 15) is 18.3 Å². The van der Waals surface area contributed by atoms with Crippen molar-refractivity contribution >= 4 is 15.9 Å². The Morgan fingerprint density at radius 1 is 1.15 bits per heavy atom. The second-order valence-corrected chi connectivity index (χ2v) is 17.6. The molecule has 2 aromatic rings. The van der Waals surface area contributed by atoms with Crippen LogP contribution >= 0.6 is 10.3 Å². The fourth-order valence-electron chi connectivity index (χ4n) is 5.51. The number of alkyl halides is 3. The zero-order valence-electron chi connectivity index (χ0n) is 25.8. The number of aliphatic hydroxyl groups is 1. The topological polar surface area (TPSA) is 64.5 Å². The van der Waals surface area contributed by atoms with Crippen molar-refractivity contribution in [3.8, 4) is 0 Å². The van der Waals surface area contributed by atoms with Crippen LogP contribution in [0.5, 0.6) is 0 Å². The summed E-state index contributed by atoms with van der Waals surface area (Å²) in [6, 6.07) is 2.24. The van der Waals surface area contributed by atoms with Gasteiger partial charge in [0.15, 0.2) is 0 Å². The normalized spacial score (nSPS) is 20.9. The molecule has 0 spiro atoms. The third-order valence-corrected chi connectivity index (χ3v) is 12.1. The van der Waals surface area contributed by atoms with Crippen molar-refractivity contribution in [2.45, 2.75) is 96.8 Å². The van der Waals surface area contributed by atoms with E-state index < -0.39 is 28.2 Å². The monoisotopic (exact) mass is 594 g/mol. The molecular formula is C32H45F3N2O3S. The molecule has 0 amide bonds. The van der Waals surface area contributed by atoms with Gasteiger partial charge in [0, 0.05) is 27.8 Å². The van der Waals surface area contributed by atoms with E-state index in [0.29, 0.717) is 25.2 Å². The van der Waals surface area contributed by atoms with Gasteiger partial charge >= 0.3 is 6.18 Å². The van der Waals surface area contributed by atoms with Crippen LogP contribution in [0.1, 0.15) is 119 Å². The van der Waals surface area contributed by atoms with Gasteiger partial charge in [-0.2, -0.15) is 13.2 Å². The second-order valence-electron chi connectivity index (χ2n) is 13.7. The molecule has 1 unspecified atom stereocenters. The van der Waals surface area contributed by atoms with Crippen LogP contribution in [0.2, 0.25) is 0 Å². The van der Waals surface area contributed by atoms with Crippen LogP contribution < -0.4 is 0 Å². The molecule has 0 aromatic carbocycles. The molecule has 3 heterocycles. The van der Waals surface area contributed by atoms with Crippen molar-refractivity contribution < 1.29 is 27.2 Å². The summed E-state index contributed by atoms with van der Waals surface area (Å²) in [5.41, 5.74) is 4.51. The number of hydrogen-bond donors (Lipinski definition) is 1. The Morgan fingerprint density at radius 3 is 2.34 bits per heavy atom. The second kappa shape index (κ2) is 11.3. The Bertz CT molecular complexity index is 1300. The Morgan fingerprint density at radius 2 is 1.83 bits per heavy atom. The molecule has 1 aliphatic carbocycles. The lowest BCUT2D eigenvalue weighted by Gasteiger charge is -2.49. The van der Waals surface area contributed by atoms with E-state index in [2.05, 4.69) is 58.2 Å². The quantitative estimate of drug-likeness (QED) is 0.364. The predicted octanol–water partition coefficient (Wildman–Crippen LogP) is 8.31. The van der Waals surface area contributed by atoms with Crippen molar-refractivity contribution in [3.05, 3.63) is 63.7 Å². The van der Waals surface area contributed by atoms with E-state index >= 15 is 0 Å². The first kappa shape index (κ1) is 32.0. The zero-order chi connectivity index (χ0) is 30.5. The molecule has 9 heteroatoms. The first-order chi connectivity index (χ1) is 18.8. The fourth-order valence-corrected chi connectivity index (χ4v) is 6.54. The maximum absolute atomic E-state index is 13.3. The predicted molar refractivity (Wildman–Crippen MR) is 160 cm³/mol. The van der Waals surface area contributed by atoms with Crippen LogP contribution in [0.4, 0.5) is 13.2 Å². The molecule has 2 atom stereocenters. The molecule has 4 rings (SSSR count). The van der Waals surface area contributed by atoms with E-state index in [1.165, 1.54) is 6.07 Å². The van der Waals surface area contributed by atoms with Gasteiger partial charge < -0.3 is 14.0 Å². The highest BCUT2D eigenvalue weighted by atomic mass is 32.3. The number of rotatable bonds is 6. The summed E-state index contributed by atoms with van der Waals surface area (Å²) in [5.74, 6) is -0.0420. The average Bonchev–Trinajstić information content (AvgIpc) is 2.85. The first-order valence-electron chi connectivity index (χ1n) is 14.3. The summed E-state index contributed by atoms with van der Waals surface area (Å²) in [5, 5.41) is 11.9. The lowest BCUT2D eigenvalue weighted by atomic mass is 9.71. The Labute approximate surface area is 244 Å². The minimum Gasteiger partial charge on any atom is -0.382 e.